The highest BCUT2D eigenvalue weighted by Crippen LogP contribution is 2.31. The molecular formula is C13H16Cl2N2O. The van der Waals surface area contributed by atoms with Crippen molar-refractivity contribution in [2.24, 2.45) is 11.8 Å². The summed E-state index contributed by atoms with van der Waals surface area (Å²) < 4.78 is 0. The van der Waals surface area contributed by atoms with Crippen molar-refractivity contribution in [1.82, 2.24) is 10.3 Å². The van der Waals surface area contributed by atoms with E-state index in [-0.39, 0.29) is 22.8 Å². The Hall–Kier alpha value is -0.800. The predicted molar refractivity (Wildman–Crippen MR) is 73.1 cm³/mol. The van der Waals surface area contributed by atoms with Crippen molar-refractivity contribution >= 4 is 29.1 Å². The Labute approximate surface area is 117 Å². The molecule has 98 valence electrons. The van der Waals surface area contributed by atoms with Gasteiger partial charge in [0.2, 0.25) is 0 Å². The molecule has 3 atom stereocenters. The lowest BCUT2D eigenvalue weighted by molar-refractivity contribution is 0.0922. The van der Waals surface area contributed by atoms with Gasteiger partial charge in [0.1, 0.15) is 10.8 Å². The highest BCUT2D eigenvalue weighted by atomic mass is 35.5. The largest absolute Gasteiger partial charge is 0.348 e. The SMILES string of the molecule is CC1CCC(NC(=O)c2nc(Cl)ccc2Cl)C1C. The summed E-state index contributed by atoms with van der Waals surface area (Å²) in [6, 6.07) is 3.36. The van der Waals surface area contributed by atoms with Gasteiger partial charge in [-0.1, -0.05) is 37.0 Å². The molecule has 1 amide bonds. The minimum Gasteiger partial charge on any atom is -0.348 e. The molecule has 1 N–H and O–H groups in total. The van der Waals surface area contributed by atoms with E-state index in [9.17, 15) is 4.79 Å². The van der Waals surface area contributed by atoms with E-state index >= 15 is 0 Å². The first-order valence-corrected chi connectivity index (χ1v) is 6.87. The Morgan fingerprint density at radius 3 is 2.67 bits per heavy atom. The molecule has 0 saturated heterocycles. The molecular weight excluding hydrogens is 271 g/mol. The molecule has 1 aliphatic carbocycles. The summed E-state index contributed by atoms with van der Waals surface area (Å²) >= 11 is 11.7. The number of halogens is 2. The first kappa shape index (κ1) is 13.6. The summed E-state index contributed by atoms with van der Waals surface area (Å²) in [6.45, 7) is 4.37. The fourth-order valence-electron chi connectivity index (χ4n) is 2.38. The normalized spacial score (nSPS) is 27.2. The van der Waals surface area contributed by atoms with E-state index in [0.717, 1.165) is 12.8 Å². The Bertz CT molecular complexity index is 464. The van der Waals surface area contributed by atoms with E-state index in [0.29, 0.717) is 16.9 Å². The molecule has 3 unspecified atom stereocenters. The van der Waals surface area contributed by atoms with Crippen LogP contribution in [0.15, 0.2) is 12.1 Å². The van der Waals surface area contributed by atoms with Gasteiger partial charge in [0, 0.05) is 6.04 Å². The topological polar surface area (TPSA) is 42.0 Å². The van der Waals surface area contributed by atoms with Gasteiger partial charge < -0.3 is 5.32 Å². The number of carbonyl (C=O) groups is 1. The molecule has 1 heterocycles. The molecule has 3 nitrogen and oxygen atoms in total. The number of amides is 1. The van der Waals surface area contributed by atoms with Gasteiger partial charge in [-0.15, -0.1) is 0 Å². The quantitative estimate of drug-likeness (QED) is 0.845. The zero-order chi connectivity index (χ0) is 13.3. The molecule has 0 spiro atoms. The molecule has 0 bridgehead atoms. The van der Waals surface area contributed by atoms with E-state index in [1.165, 1.54) is 0 Å². The van der Waals surface area contributed by atoms with Crippen molar-refractivity contribution in [2.45, 2.75) is 32.7 Å². The van der Waals surface area contributed by atoms with Crippen LogP contribution in [0.3, 0.4) is 0 Å². The summed E-state index contributed by atoms with van der Waals surface area (Å²) in [5.41, 5.74) is 0.205. The molecule has 1 aromatic rings. The molecule has 2 rings (SSSR count). The van der Waals surface area contributed by atoms with Crippen molar-refractivity contribution in [2.75, 3.05) is 0 Å². The lowest BCUT2D eigenvalue weighted by atomic mass is 9.98. The molecule has 1 saturated carbocycles. The van der Waals surface area contributed by atoms with Crippen molar-refractivity contribution in [3.05, 3.63) is 28.0 Å². The molecule has 18 heavy (non-hydrogen) atoms. The van der Waals surface area contributed by atoms with Crippen LogP contribution in [0.4, 0.5) is 0 Å². The van der Waals surface area contributed by atoms with Crippen molar-refractivity contribution in [3.63, 3.8) is 0 Å². The van der Waals surface area contributed by atoms with Gasteiger partial charge in [0.15, 0.2) is 0 Å². The maximum absolute atomic E-state index is 12.1. The maximum atomic E-state index is 12.1. The summed E-state index contributed by atoms with van der Waals surface area (Å²) in [5, 5.41) is 3.60. The summed E-state index contributed by atoms with van der Waals surface area (Å²) in [5.74, 6) is 0.874. The Balaban J connectivity index is 2.10. The van der Waals surface area contributed by atoms with Crippen LogP contribution in [-0.4, -0.2) is 16.9 Å². The van der Waals surface area contributed by atoms with Gasteiger partial charge in [-0.05, 0) is 36.8 Å². The predicted octanol–water partition coefficient (Wildman–Crippen LogP) is 3.55. The van der Waals surface area contributed by atoms with Crippen LogP contribution >= 0.6 is 23.2 Å². The highest BCUT2D eigenvalue weighted by Gasteiger charge is 2.31. The van der Waals surface area contributed by atoms with Crippen LogP contribution in [0.2, 0.25) is 10.2 Å². The molecule has 1 fully saturated rings. The van der Waals surface area contributed by atoms with Crippen molar-refractivity contribution in [3.8, 4) is 0 Å². The van der Waals surface area contributed by atoms with Crippen molar-refractivity contribution < 1.29 is 4.79 Å². The minimum atomic E-state index is -0.242. The number of rotatable bonds is 2. The summed E-state index contributed by atoms with van der Waals surface area (Å²) in [6.07, 6.45) is 2.15. The van der Waals surface area contributed by atoms with E-state index in [2.05, 4.69) is 24.1 Å². The van der Waals surface area contributed by atoms with Crippen LogP contribution in [-0.2, 0) is 0 Å². The molecule has 5 heteroatoms. The number of pyridine rings is 1. The number of nitrogens with zero attached hydrogens (tertiary/aromatic N) is 1. The maximum Gasteiger partial charge on any atom is 0.271 e. The third kappa shape index (κ3) is 2.78. The van der Waals surface area contributed by atoms with Crippen LogP contribution in [0, 0.1) is 11.8 Å². The van der Waals surface area contributed by atoms with Crippen molar-refractivity contribution in [1.29, 1.82) is 0 Å². The smallest absolute Gasteiger partial charge is 0.271 e. The first-order chi connectivity index (χ1) is 8.49. The van der Waals surface area contributed by atoms with Crippen LogP contribution in [0.25, 0.3) is 0 Å². The molecule has 1 aromatic heterocycles. The van der Waals surface area contributed by atoms with Gasteiger partial charge in [-0.2, -0.15) is 0 Å². The van der Waals surface area contributed by atoms with E-state index in [1.807, 2.05) is 0 Å². The van der Waals surface area contributed by atoms with Crippen LogP contribution in [0.5, 0.6) is 0 Å². The standard InChI is InChI=1S/C13H16Cl2N2O/c1-7-3-5-10(8(7)2)16-13(18)12-9(14)4-6-11(15)17-12/h4,6-8,10H,3,5H2,1-2H3,(H,16,18). The fourth-order valence-corrected chi connectivity index (χ4v) is 2.72. The Morgan fingerprint density at radius 2 is 2.06 bits per heavy atom. The third-order valence-corrected chi connectivity index (χ3v) is 4.32. The lowest BCUT2D eigenvalue weighted by Gasteiger charge is -2.19. The van der Waals surface area contributed by atoms with Crippen LogP contribution in [0.1, 0.15) is 37.2 Å². The Kier molecular flexibility index (Phi) is 4.13. The van der Waals surface area contributed by atoms with Gasteiger partial charge >= 0.3 is 0 Å². The second kappa shape index (κ2) is 5.45. The van der Waals surface area contributed by atoms with Gasteiger partial charge in [-0.3, -0.25) is 4.79 Å². The first-order valence-electron chi connectivity index (χ1n) is 6.12. The van der Waals surface area contributed by atoms with Crippen LogP contribution < -0.4 is 5.32 Å². The van der Waals surface area contributed by atoms with E-state index in [4.69, 9.17) is 23.2 Å². The molecule has 1 aliphatic rings. The monoisotopic (exact) mass is 286 g/mol. The number of carbonyl (C=O) groups excluding carboxylic acids is 1. The number of hydrogen-bond acceptors (Lipinski definition) is 2. The average molecular weight is 287 g/mol. The number of aromatic nitrogens is 1. The second-order valence-corrected chi connectivity index (χ2v) is 5.75. The Morgan fingerprint density at radius 1 is 1.33 bits per heavy atom. The van der Waals surface area contributed by atoms with Gasteiger partial charge in [-0.25, -0.2) is 4.98 Å². The minimum absolute atomic E-state index is 0.198. The van der Waals surface area contributed by atoms with Gasteiger partial charge in [0.05, 0.1) is 5.02 Å². The third-order valence-electron chi connectivity index (χ3n) is 3.81. The van der Waals surface area contributed by atoms with E-state index in [1.54, 1.807) is 12.1 Å². The fraction of sp³-hybridized carbons (Fsp3) is 0.538. The second-order valence-electron chi connectivity index (χ2n) is 4.96. The highest BCUT2D eigenvalue weighted by molar-refractivity contribution is 6.34. The zero-order valence-corrected chi connectivity index (χ0v) is 11.9. The average Bonchev–Trinajstić information content (AvgIpc) is 2.64. The summed E-state index contributed by atoms with van der Waals surface area (Å²) in [4.78, 5) is 16.1. The zero-order valence-electron chi connectivity index (χ0n) is 10.4. The number of nitrogens with one attached hydrogen (secondary N) is 1. The molecule has 0 radical (unpaired) electrons. The van der Waals surface area contributed by atoms with Gasteiger partial charge in [0.25, 0.3) is 5.91 Å². The van der Waals surface area contributed by atoms with E-state index < -0.39 is 0 Å². The molecule has 0 aliphatic heterocycles. The lowest BCUT2D eigenvalue weighted by Crippen LogP contribution is -2.37. The molecule has 0 aromatic carbocycles. The number of hydrogen-bond donors (Lipinski definition) is 1. The summed E-state index contributed by atoms with van der Waals surface area (Å²) in [7, 11) is 0.